The van der Waals surface area contributed by atoms with Crippen LogP contribution in [0, 0.1) is 5.82 Å². The predicted molar refractivity (Wildman–Crippen MR) is 155 cm³/mol. The highest BCUT2D eigenvalue weighted by Gasteiger charge is 2.37. The normalized spacial score (nSPS) is 15.2. The van der Waals surface area contributed by atoms with Gasteiger partial charge in [-0.2, -0.15) is 5.10 Å². The van der Waals surface area contributed by atoms with Crippen LogP contribution in [0.3, 0.4) is 0 Å². The zero-order valence-electron chi connectivity index (χ0n) is 22.8. The molecule has 11 heteroatoms. The number of nitrogens with zero attached hydrogens (tertiary/aromatic N) is 5. The maximum absolute atomic E-state index is 14.4. The van der Waals surface area contributed by atoms with Gasteiger partial charge in [0.25, 0.3) is 5.92 Å². The second-order valence-electron chi connectivity index (χ2n) is 10.8. The monoisotopic (exact) mass is 568 g/mol. The highest BCUT2D eigenvalue weighted by Crippen LogP contribution is 2.34. The third-order valence-electron chi connectivity index (χ3n) is 7.61. The van der Waals surface area contributed by atoms with Gasteiger partial charge in [-0.05, 0) is 65.7 Å². The smallest absolute Gasteiger partial charge is 0.261 e. The molecule has 0 spiro atoms. The number of halogens is 3. The molecule has 0 bridgehead atoms. The average Bonchev–Trinajstić information content (AvgIpc) is 3.68. The number of imidazole rings is 1. The van der Waals surface area contributed by atoms with Crippen molar-refractivity contribution in [1.82, 2.24) is 40.3 Å². The van der Waals surface area contributed by atoms with Crippen molar-refractivity contribution in [1.29, 1.82) is 0 Å². The summed E-state index contributed by atoms with van der Waals surface area (Å²) in [5.41, 5.74) is 7.74. The Bertz CT molecular complexity index is 1930. The second kappa shape index (κ2) is 10.3. The van der Waals surface area contributed by atoms with E-state index in [4.69, 9.17) is 4.98 Å². The van der Waals surface area contributed by atoms with Crippen LogP contribution in [0.25, 0.3) is 55.7 Å². The lowest BCUT2D eigenvalue weighted by atomic mass is 10.0. The molecule has 0 radical (unpaired) electrons. The van der Waals surface area contributed by atoms with Gasteiger partial charge in [0.1, 0.15) is 11.5 Å². The molecule has 7 rings (SSSR count). The number of hydrogen-bond donors (Lipinski definition) is 3. The number of benzene rings is 2. The van der Waals surface area contributed by atoms with Gasteiger partial charge in [-0.1, -0.05) is 6.07 Å². The topological polar surface area (TPSA) is 98.4 Å². The Morgan fingerprint density at radius 1 is 0.929 bits per heavy atom. The first-order chi connectivity index (χ1) is 20.3. The predicted octanol–water partition coefficient (Wildman–Crippen LogP) is 5.93. The summed E-state index contributed by atoms with van der Waals surface area (Å²) in [5.74, 6) is -2.40. The molecule has 4 aromatic heterocycles. The highest BCUT2D eigenvalue weighted by molar-refractivity contribution is 5.98. The van der Waals surface area contributed by atoms with E-state index >= 15 is 0 Å². The first-order valence-corrected chi connectivity index (χ1v) is 13.7. The van der Waals surface area contributed by atoms with E-state index in [1.807, 2.05) is 37.4 Å². The van der Waals surface area contributed by atoms with E-state index in [0.29, 0.717) is 53.3 Å². The Hall–Kier alpha value is -4.61. The fourth-order valence-corrected chi connectivity index (χ4v) is 5.67. The van der Waals surface area contributed by atoms with Gasteiger partial charge in [0.05, 0.1) is 29.3 Å². The summed E-state index contributed by atoms with van der Waals surface area (Å²) >= 11 is 0. The average molecular weight is 569 g/mol. The van der Waals surface area contributed by atoms with E-state index in [9.17, 15) is 13.2 Å². The van der Waals surface area contributed by atoms with E-state index in [1.54, 1.807) is 29.7 Å². The number of fused-ring (bicyclic) bond motifs is 2. The van der Waals surface area contributed by atoms with Crippen molar-refractivity contribution in [3.63, 3.8) is 0 Å². The quantitative estimate of drug-likeness (QED) is 0.221. The number of likely N-dealkylation sites (tertiary alicyclic amines) is 1. The number of alkyl halides is 2. The molecule has 5 heterocycles. The van der Waals surface area contributed by atoms with Crippen molar-refractivity contribution < 1.29 is 13.2 Å². The number of pyridine rings is 2. The van der Waals surface area contributed by atoms with Crippen LogP contribution < -0.4 is 5.32 Å². The molecule has 0 unspecified atom stereocenters. The highest BCUT2D eigenvalue weighted by atomic mass is 19.3. The zero-order chi connectivity index (χ0) is 28.8. The van der Waals surface area contributed by atoms with Crippen LogP contribution >= 0.6 is 0 Å². The molecule has 0 atom stereocenters. The molecule has 42 heavy (non-hydrogen) atoms. The van der Waals surface area contributed by atoms with Gasteiger partial charge in [0.2, 0.25) is 0 Å². The van der Waals surface area contributed by atoms with Crippen molar-refractivity contribution in [3.8, 4) is 33.8 Å². The fourth-order valence-electron chi connectivity index (χ4n) is 5.67. The summed E-state index contributed by atoms with van der Waals surface area (Å²) in [7, 11) is 1.82. The summed E-state index contributed by atoms with van der Waals surface area (Å²) in [4.78, 5) is 18.7. The SMILES string of the molecule is CNCc1cc(F)cc(-c2cncc3[nH]c(-c4n[nH]c5ccc(-c6cncc(CN7CCC(F)(F)C7)c6)cc45)nc23)c1. The first kappa shape index (κ1) is 26.3. The molecule has 0 aliphatic carbocycles. The van der Waals surface area contributed by atoms with Crippen molar-refractivity contribution >= 4 is 21.9 Å². The lowest BCUT2D eigenvalue weighted by Crippen LogP contribution is -2.24. The van der Waals surface area contributed by atoms with Crippen LogP contribution in [0.5, 0.6) is 0 Å². The van der Waals surface area contributed by atoms with Crippen LogP contribution in [-0.4, -0.2) is 61.1 Å². The van der Waals surface area contributed by atoms with Crippen LogP contribution in [0.2, 0.25) is 0 Å². The number of aromatic amines is 2. The van der Waals surface area contributed by atoms with Gasteiger partial charge >= 0.3 is 0 Å². The van der Waals surface area contributed by atoms with Crippen LogP contribution in [0.4, 0.5) is 13.2 Å². The minimum absolute atomic E-state index is 0.112. The van der Waals surface area contributed by atoms with E-state index in [1.165, 1.54) is 12.1 Å². The van der Waals surface area contributed by atoms with Gasteiger partial charge in [0, 0.05) is 61.2 Å². The van der Waals surface area contributed by atoms with Crippen molar-refractivity contribution in [3.05, 3.63) is 84.2 Å². The third kappa shape index (κ3) is 5.01. The summed E-state index contributed by atoms with van der Waals surface area (Å²) in [6.07, 6.45) is 6.76. The van der Waals surface area contributed by atoms with Crippen LogP contribution in [-0.2, 0) is 13.1 Å². The number of H-pyrrole nitrogens is 2. The zero-order valence-corrected chi connectivity index (χ0v) is 22.8. The van der Waals surface area contributed by atoms with Gasteiger partial charge in [-0.15, -0.1) is 0 Å². The molecule has 1 aliphatic heterocycles. The second-order valence-corrected chi connectivity index (χ2v) is 10.8. The van der Waals surface area contributed by atoms with E-state index < -0.39 is 5.92 Å². The molecule has 1 fully saturated rings. The summed E-state index contributed by atoms with van der Waals surface area (Å²) < 4.78 is 41.8. The molecule has 0 saturated carbocycles. The standard InChI is InChI=1S/C31H27F3N8/c1-35-11-18-6-21(9-23(32)8-18)25-14-37-15-27-28(25)39-30(38-27)29-24-10-20(2-3-26(24)40-41-29)22-7-19(12-36-13-22)16-42-5-4-31(33,34)17-42/h2-3,6-10,12-15,35H,4-5,11,16-17H2,1H3,(H,38,39)(H,40,41). The van der Waals surface area contributed by atoms with Gasteiger partial charge < -0.3 is 10.3 Å². The summed E-state index contributed by atoms with van der Waals surface area (Å²) in [6.45, 7) is 1.10. The molecule has 6 aromatic rings. The maximum atomic E-state index is 14.4. The maximum Gasteiger partial charge on any atom is 0.261 e. The Labute approximate surface area is 239 Å². The van der Waals surface area contributed by atoms with Crippen molar-refractivity contribution in [2.24, 2.45) is 0 Å². The molecule has 0 amide bonds. The molecule has 3 N–H and O–H groups in total. The van der Waals surface area contributed by atoms with Crippen LogP contribution in [0.1, 0.15) is 17.5 Å². The van der Waals surface area contributed by atoms with Crippen molar-refractivity contribution in [2.75, 3.05) is 20.1 Å². The fraction of sp³-hybridized carbons (Fsp3) is 0.226. The minimum Gasteiger partial charge on any atom is -0.335 e. The van der Waals surface area contributed by atoms with E-state index in [2.05, 4.69) is 30.5 Å². The van der Waals surface area contributed by atoms with E-state index in [-0.39, 0.29) is 18.8 Å². The van der Waals surface area contributed by atoms with Gasteiger partial charge in [-0.3, -0.25) is 20.0 Å². The molecule has 212 valence electrons. The first-order valence-electron chi connectivity index (χ1n) is 13.7. The Kier molecular flexibility index (Phi) is 6.47. The minimum atomic E-state index is -2.63. The van der Waals surface area contributed by atoms with Gasteiger partial charge in [-0.25, -0.2) is 18.2 Å². The number of rotatable bonds is 7. The van der Waals surface area contributed by atoms with Gasteiger partial charge in [0.15, 0.2) is 5.82 Å². The number of nitrogens with one attached hydrogen (secondary N) is 3. The van der Waals surface area contributed by atoms with Crippen LogP contribution in [0.15, 0.2) is 67.3 Å². The lowest BCUT2D eigenvalue weighted by Gasteiger charge is -2.15. The van der Waals surface area contributed by atoms with E-state index in [0.717, 1.165) is 33.2 Å². The molecule has 1 saturated heterocycles. The number of hydrogen-bond acceptors (Lipinski definition) is 6. The molecule has 1 aliphatic rings. The largest absolute Gasteiger partial charge is 0.335 e. The number of aromatic nitrogens is 6. The van der Waals surface area contributed by atoms with Crippen molar-refractivity contribution in [2.45, 2.75) is 25.4 Å². The summed E-state index contributed by atoms with van der Waals surface area (Å²) in [5, 5.41) is 11.5. The molecular formula is C31H27F3N8. The summed E-state index contributed by atoms with van der Waals surface area (Å²) in [6, 6.07) is 12.8. The molecule has 2 aromatic carbocycles. The molecule has 8 nitrogen and oxygen atoms in total. The Balaban J connectivity index is 1.24. The Morgan fingerprint density at radius 3 is 2.62 bits per heavy atom. The lowest BCUT2D eigenvalue weighted by molar-refractivity contribution is 0.0115. The molecular weight excluding hydrogens is 541 g/mol. The third-order valence-corrected chi connectivity index (χ3v) is 7.61. The Morgan fingerprint density at radius 2 is 1.79 bits per heavy atom.